The standard InChI is InChI=1S/C15H14BrF2NO/c1-9(19)7-10-3-2-4-13(18)15(10)20-14-6-5-11(17)8-12(14)16/h2-6,8-9H,7,19H2,1H3. The SMILES string of the molecule is CC(N)Cc1cccc(F)c1Oc1ccc(F)cc1Br. The van der Waals surface area contributed by atoms with Crippen LogP contribution >= 0.6 is 15.9 Å². The molecule has 0 aromatic heterocycles. The normalized spacial score (nSPS) is 12.2. The number of benzene rings is 2. The molecule has 0 amide bonds. The molecule has 0 fully saturated rings. The van der Waals surface area contributed by atoms with E-state index >= 15 is 0 Å². The quantitative estimate of drug-likeness (QED) is 0.893. The predicted molar refractivity (Wildman–Crippen MR) is 77.9 cm³/mol. The van der Waals surface area contributed by atoms with Crippen molar-refractivity contribution in [3.63, 3.8) is 0 Å². The van der Waals surface area contributed by atoms with Crippen LogP contribution < -0.4 is 10.5 Å². The van der Waals surface area contributed by atoms with Gasteiger partial charge in [0.05, 0.1) is 4.47 Å². The third kappa shape index (κ3) is 3.55. The summed E-state index contributed by atoms with van der Waals surface area (Å²) in [6, 6.07) is 8.54. The molecule has 0 aliphatic heterocycles. The van der Waals surface area contributed by atoms with Gasteiger partial charge in [-0.2, -0.15) is 0 Å². The van der Waals surface area contributed by atoms with Crippen LogP contribution in [0.4, 0.5) is 8.78 Å². The Kier molecular flexibility index (Phi) is 4.73. The fourth-order valence-corrected chi connectivity index (χ4v) is 2.28. The van der Waals surface area contributed by atoms with Crippen molar-refractivity contribution in [2.24, 2.45) is 5.73 Å². The fraction of sp³-hybridized carbons (Fsp3) is 0.200. The van der Waals surface area contributed by atoms with Gasteiger partial charge in [0, 0.05) is 6.04 Å². The molecule has 0 radical (unpaired) electrons. The van der Waals surface area contributed by atoms with Crippen molar-refractivity contribution in [1.29, 1.82) is 0 Å². The molecule has 2 rings (SSSR count). The van der Waals surface area contributed by atoms with E-state index in [2.05, 4.69) is 15.9 Å². The van der Waals surface area contributed by atoms with Gasteiger partial charge in [-0.3, -0.25) is 0 Å². The summed E-state index contributed by atoms with van der Waals surface area (Å²) < 4.78 is 33.0. The lowest BCUT2D eigenvalue weighted by Crippen LogP contribution is -2.18. The molecule has 1 atom stereocenters. The van der Waals surface area contributed by atoms with Crippen LogP contribution in [0.3, 0.4) is 0 Å². The topological polar surface area (TPSA) is 35.2 Å². The van der Waals surface area contributed by atoms with Gasteiger partial charge >= 0.3 is 0 Å². The summed E-state index contributed by atoms with van der Waals surface area (Å²) in [4.78, 5) is 0. The zero-order chi connectivity index (χ0) is 14.7. The molecular formula is C15H14BrF2NO. The van der Waals surface area contributed by atoms with Gasteiger partial charge in [-0.05, 0) is 59.1 Å². The summed E-state index contributed by atoms with van der Waals surface area (Å²) in [6.45, 7) is 1.84. The molecule has 0 heterocycles. The van der Waals surface area contributed by atoms with Crippen molar-refractivity contribution in [3.05, 3.63) is 58.1 Å². The molecule has 0 saturated carbocycles. The Balaban J connectivity index is 2.37. The third-order valence-electron chi connectivity index (χ3n) is 2.70. The lowest BCUT2D eigenvalue weighted by molar-refractivity contribution is 0.431. The van der Waals surface area contributed by atoms with Crippen molar-refractivity contribution >= 4 is 15.9 Å². The number of nitrogens with two attached hydrogens (primary N) is 1. The average Bonchev–Trinajstić information content (AvgIpc) is 2.35. The van der Waals surface area contributed by atoms with Crippen molar-refractivity contribution < 1.29 is 13.5 Å². The number of hydrogen-bond acceptors (Lipinski definition) is 2. The van der Waals surface area contributed by atoms with Crippen molar-refractivity contribution in [3.8, 4) is 11.5 Å². The fourth-order valence-electron chi connectivity index (χ4n) is 1.84. The molecule has 20 heavy (non-hydrogen) atoms. The summed E-state index contributed by atoms with van der Waals surface area (Å²) in [5, 5.41) is 0. The van der Waals surface area contributed by atoms with E-state index in [1.165, 1.54) is 24.3 Å². The van der Waals surface area contributed by atoms with Crippen LogP contribution in [-0.2, 0) is 6.42 Å². The van der Waals surface area contributed by atoms with Crippen molar-refractivity contribution in [1.82, 2.24) is 0 Å². The lowest BCUT2D eigenvalue weighted by atomic mass is 10.1. The van der Waals surface area contributed by atoms with E-state index < -0.39 is 11.6 Å². The Bertz CT molecular complexity index is 617. The number of para-hydroxylation sites is 1. The highest BCUT2D eigenvalue weighted by Gasteiger charge is 2.14. The van der Waals surface area contributed by atoms with Crippen LogP contribution in [0.25, 0.3) is 0 Å². The molecule has 0 bridgehead atoms. The van der Waals surface area contributed by atoms with Gasteiger partial charge in [0.25, 0.3) is 0 Å². The smallest absolute Gasteiger partial charge is 0.166 e. The van der Waals surface area contributed by atoms with Crippen molar-refractivity contribution in [2.45, 2.75) is 19.4 Å². The lowest BCUT2D eigenvalue weighted by Gasteiger charge is -2.14. The monoisotopic (exact) mass is 341 g/mol. The summed E-state index contributed by atoms with van der Waals surface area (Å²) >= 11 is 3.19. The van der Waals surface area contributed by atoms with Gasteiger partial charge in [0.2, 0.25) is 0 Å². The average molecular weight is 342 g/mol. The number of halogens is 3. The van der Waals surface area contributed by atoms with Crippen molar-refractivity contribution in [2.75, 3.05) is 0 Å². The molecule has 1 unspecified atom stereocenters. The molecule has 2 N–H and O–H groups in total. The first-order valence-electron chi connectivity index (χ1n) is 6.13. The largest absolute Gasteiger partial charge is 0.453 e. The summed E-state index contributed by atoms with van der Waals surface area (Å²) in [5.74, 6) is -0.396. The first-order valence-corrected chi connectivity index (χ1v) is 6.92. The van der Waals surface area contributed by atoms with Gasteiger partial charge < -0.3 is 10.5 Å². The van der Waals surface area contributed by atoms with E-state index in [1.54, 1.807) is 12.1 Å². The summed E-state index contributed by atoms with van der Waals surface area (Å²) in [5.41, 5.74) is 6.43. The molecule has 2 nitrogen and oxygen atoms in total. The van der Waals surface area contributed by atoms with Crippen LogP contribution in [0.15, 0.2) is 40.9 Å². The zero-order valence-electron chi connectivity index (χ0n) is 10.9. The van der Waals surface area contributed by atoms with E-state index in [0.29, 0.717) is 22.2 Å². The Labute approximate surface area is 124 Å². The van der Waals surface area contributed by atoms with Gasteiger partial charge in [0.15, 0.2) is 11.6 Å². The van der Waals surface area contributed by atoms with Crippen LogP contribution in [0.2, 0.25) is 0 Å². The predicted octanol–water partition coefficient (Wildman–Crippen LogP) is 4.41. The molecule has 0 spiro atoms. The van der Waals surface area contributed by atoms with Crippen LogP contribution in [-0.4, -0.2) is 6.04 Å². The number of rotatable bonds is 4. The Hall–Kier alpha value is -1.46. The van der Waals surface area contributed by atoms with E-state index in [-0.39, 0.29) is 11.8 Å². The van der Waals surface area contributed by atoms with E-state index in [9.17, 15) is 8.78 Å². The van der Waals surface area contributed by atoms with Crippen LogP contribution in [0, 0.1) is 11.6 Å². The number of hydrogen-bond donors (Lipinski definition) is 1. The van der Waals surface area contributed by atoms with Gasteiger partial charge in [-0.1, -0.05) is 12.1 Å². The highest BCUT2D eigenvalue weighted by Crippen LogP contribution is 2.34. The summed E-state index contributed by atoms with van der Waals surface area (Å²) in [7, 11) is 0. The maximum atomic E-state index is 13.9. The molecule has 0 saturated heterocycles. The minimum Gasteiger partial charge on any atom is -0.453 e. The van der Waals surface area contributed by atoms with Gasteiger partial charge in [-0.15, -0.1) is 0 Å². The van der Waals surface area contributed by atoms with Crippen LogP contribution in [0.1, 0.15) is 12.5 Å². The molecular weight excluding hydrogens is 328 g/mol. The summed E-state index contributed by atoms with van der Waals surface area (Å²) in [6.07, 6.45) is 0.492. The molecule has 0 aliphatic rings. The molecule has 106 valence electrons. The molecule has 5 heteroatoms. The zero-order valence-corrected chi connectivity index (χ0v) is 12.5. The maximum Gasteiger partial charge on any atom is 0.166 e. The van der Waals surface area contributed by atoms with E-state index in [4.69, 9.17) is 10.5 Å². The highest BCUT2D eigenvalue weighted by molar-refractivity contribution is 9.10. The minimum atomic E-state index is -0.473. The third-order valence-corrected chi connectivity index (χ3v) is 3.32. The molecule has 0 aliphatic carbocycles. The first kappa shape index (κ1) is 14.9. The van der Waals surface area contributed by atoms with Gasteiger partial charge in [-0.25, -0.2) is 8.78 Å². The Morgan fingerprint density at radius 2 is 2.00 bits per heavy atom. The second-order valence-corrected chi connectivity index (χ2v) is 5.44. The highest BCUT2D eigenvalue weighted by atomic mass is 79.9. The maximum absolute atomic E-state index is 13.9. The minimum absolute atomic E-state index is 0.115. The Morgan fingerprint density at radius 3 is 2.65 bits per heavy atom. The second kappa shape index (κ2) is 6.33. The van der Waals surface area contributed by atoms with Gasteiger partial charge in [0.1, 0.15) is 11.6 Å². The van der Waals surface area contributed by atoms with E-state index in [1.807, 2.05) is 6.92 Å². The molecule has 2 aromatic carbocycles. The number of ether oxygens (including phenoxy) is 1. The second-order valence-electron chi connectivity index (χ2n) is 4.59. The van der Waals surface area contributed by atoms with Crippen LogP contribution in [0.5, 0.6) is 11.5 Å². The first-order chi connectivity index (χ1) is 9.47. The molecule has 2 aromatic rings. The van der Waals surface area contributed by atoms with E-state index in [0.717, 1.165) is 0 Å². The Morgan fingerprint density at radius 1 is 1.25 bits per heavy atom.